The fraction of sp³-hybridized carbons (Fsp3) is 0.500. The van der Waals surface area contributed by atoms with E-state index in [2.05, 4.69) is 22.2 Å². The van der Waals surface area contributed by atoms with E-state index >= 15 is 0 Å². The first-order valence-electron chi connectivity index (χ1n) is 6.70. The standard InChI is InChI=1S/C14H17F2N3/c1-2-14(4-3-5-17-8-14)13-18-11-7-9(15)6-10(16)12(11)19-13/h6-7,17H,2-5,8H2,1H3,(H,18,19). The van der Waals surface area contributed by atoms with Crippen molar-refractivity contribution in [3.63, 3.8) is 0 Å². The van der Waals surface area contributed by atoms with Crippen molar-refractivity contribution < 1.29 is 8.78 Å². The average Bonchev–Trinajstić information content (AvgIpc) is 2.84. The summed E-state index contributed by atoms with van der Waals surface area (Å²) in [5.74, 6) is -0.415. The molecule has 3 rings (SSSR count). The van der Waals surface area contributed by atoms with Gasteiger partial charge in [-0.05, 0) is 31.9 Å². The molecule has 0 saturated carbocycles. The first-order chi connectivity index (χ1) is 9.14. The predicted octanol–water partition coefficient (Wildman–Crippen LogP) is 2.87. The summed E-state index contributed by atoms with van der Waals surface area (Å²) >= 11 is 0. The number of piperidine rings is 1. The molecule has 2 aromatic rings. The number of halogens is 2. The topological polar surface area (TPSA) is 40.7 Å². The fourth-order valence-electron chi connectivity index (χ4n) is 2.93. The Morgan fingerprint density at radius 1 is 1.37 bits per heavy atom. The van der Waals surface area contributed by atoms with Gasteiger partial charge in [-0.1, -0.05) is 6.92 Å². The lowest BCUT2D eigenvalue weighted by Crippen LogP contribution is -2.43. The molecule has 2 N–H and O–H groups in total. The van der Waals surface area contributed by atoms with E-state index in [1.807, 2.05) is 0 Å². The van der Waals surface area contributed by atoms with Crippen molar-refractivity contribution in [2.75, 3.05) is 13.1 Å². The molecule has 0 amide bonds. The zero-order valence-corrected chi connectivity index (χ0v) is 10.9. The number of aromatic amines is 1. The second-order valence-electron chi connectivity index (χ2n) is 5.28. The van der Waals surface area contributed by atoms with E-state index in [9.17, 15) is 8.78 Å². The van der Waals surface area contributed by atoms with Crippen molar-refractivity contribution in [1.29, 1.82) is 0 Å². The van der Waals surface area contributed by atoms with Gasteiger partial charge in [0.2, 0.25) is 0 Å². The molecule has 0 aliphatic carbocycles. The molecule has 1 fully saturated rings. The van der Waals surface area contributed by atoms with Crippen LogP contribution < -0.4 is 5.32 Å². The monoisotopic (exact) mass is 265 g/mol. The third kappa shape index (κ3) is 2.02. The van der Waals surface area contributed by atoms with Gasteiger partial charge in [-0.2, -0.15) is 0 Å². The minimum atomic E-state index is -0.604. The molecule has 1 atom stereocenters. The first kappa shape index (κ1) is 12.5. The summed E-state index contributed by atoms with van der Waals surface area (Å²) in [4.78, 5) is 7.49. The fourth-order valence-corrected chi connectivity index (χ4v) is 2.93. The van der Waals surface area contributed by atoms with Crippen LogP contribution >= 0.6 is 0 Å². The number of rotatable bonds is 2. The van der Waals surface area contributed by atoms with Crippen LogP contribution in [-0.4, -0.2) is 23.1 Å². The number of nitrogens with one attached hydrogen (secondary N) is 2. The van der Waals surface area contributed by atoms with Gasteiger partial charge >= 0.3 is 0 Å². The van der Waals surface area contributed by atoms with Crippen LogP contribution in [0, 0.1) is 11.6 Å². The third-order valence-electron chi connectivity index (χ3n) is 4.16. The smallest absolute Gasteiger partial charge is 0.153 e. The molecule has 1 aromatic heterocycles. The van der Waals surface area contributed by atoms with Crippen LogP contribution in [0.5, 0.6) is 0 Å². The molecule has 2 heterocycles. The molecule has 1 unspecified atom stereocenters. The van der Waals surface area contributed by atoms with Crippen molar-refractivity contribution in [2.45, 2.75) is 31.6 Å². The maximum absolute atomic E-state index is 13.7. The molecule has 5 heteroatoms. The Labute approximate surface area is 110 Å². The van der Waals surface area contributed by atoms with Crippen molar-refractivity contribution in [2.24, 2.45) is 0 Å². The number of nitrogens with zero attached hydrogens (tertiary/aromatic N) is 1. The number of imidazole rings is 1. The van der Waals surface area contributed by atoms with Gasteiger partial charge in [0.1, 0.15) is 17.2 Å². The molecule has 1 aliphatic rings. The Hall–Kier alpha value is -1.49. The highest BCUT2D eigenvalue weighted by Crippen LogP contribution is 2.34. The van der Waals surface area contributed by atoms with E-state index in [1.54, 1.807) is 0 Å². The normalized spacial score (nSPS) is 23.9. The van der Waals surface area contributed by atoms with E-state index in [-0.39, 0.29) is 10.9 Å². The Morgan fingerprint density at radius 3 is 2.89 bits per heavy atom. The SMILES string of the molecule is CCC1(c2nc3c(F)cc(F)cc3[nH]2)CCCNC1. The van der Waals surface area contributed by atoms with E-state index in [1.165, 1.54) is 6.07 Å². The van der Waals surface area contributed by atoms with E-state index in [0.29, 0.717) is 5.52 Å². The summed E-state index contributed by atoms with van der Waals surface area (Å²) in [6.07, 6.45) is 3.01. The van der Waals surface area contributed by atoms with Crippen molar-refractivity contribution >= 4 is 11.0 Å². The quantitative estimate of drug-likeness (QED) is 0.876. The lowest BCUT2D eigenvalue weighted by atomic mass is 9.77. The summed E-state index contributed by atoms with van der Waals surface area (Å²) in [7, 11) is 0. The number of aromatic nitrogens is 2. The highest BCUT2D eigenvalue weighted by molar-refractivity contribution is 5.76. The van der Waals surface area contributed by atoms with E-state index < -0.39 is 11.6 Å². The zero-order valence-electron chi connectivity index (χ0n) is 10.9. The summed E-state index contributed by atoms with van der Waals surface area (Å²) in [6, 6.07) is 2.18. The highest BCUT2D eigenvalue weighted by atomic mass is 19.1. The van der Waals surface area contributed by atoms with Crippen molar-refractivity contribution in [3.05, 3.63) is 29.6 Å². The largest absolute Gasteiger partial charge is 0.341 e. The number of H-pyrrole nitrogens is 1. The van der Waals surface area contributed by atoms with Gasteiger partial charge in [0.25, 0.3) is 0 Å². The highest BCUT2D eigenvalue weighted by Gasteiger charge is 2.35. The van der Waals surface area contributed by atoms with Crippen LogP contribution in [0.2, 0.25) is 0 Å². The molecule has 0 bridgehead atoms. The number of hydrogen-bond donors (Lipinski definition) is 2. The summed E-state index contributed by atoms with van der Waals surface area (Å²) in [6.45, 7) is 3.94. The first-order valence-corrected chi connectivity index (χ1v) is 6.70. The Balaban J connectivity index is 2.11. The summed E-state index contributed by atoms with van der Waals surface area (Å²) < 4.78 is 26.9. The molecule has 0 radical (unpaired) electrons. The molecule has 3 nitrogen and oxygen atoms in total. The summed E-state index contributed by atoms with van der Waals surface area (Å²) in [5.41, 5.74) is 0.570. The Morgan fingerprint density at radius 2 is 2.21 bits per heavy atom. The predicted molar refractivity (Wildman–Crippen MR) is 70.1 cm³/mol. The maximum Gasteiger partial charge on any atom is 0.153 e. The lowest BCUT2D eigenvalue weighted by Gasteiger charge is -2.35. The van der Waals surface area contributed by atoms with Crippen LogP contribution in [0.15, 0.2) is 12.1 Å². The van der Waals surface area contributed by atoms with Crippen LogP contribution in [0.3, 0.4) is 0 Å². The van der Waals surface area contributed by atoms with Gasteiger partial charge in [-0.3, -0.25) is 0 Å². The summed E-state index contributed by atoms with van der Waals surface area (Å²) in [5, 5.41) is 3.37. The molecule has 102 valence electrons. The van der Waals surface area contributed by atoms with Crippen LogP contribution in [0.1, 0.15) is 32.0 Å². The molecule has 0 spiro atoms. The van der Waals surface area contributed by atoms with Crippen molar-refractivity contribution in [1.82, 2.24) is 15.3 Å². The molecular formula is C14H17F2N3. The Kier molecular flexibility index (Phi) is 3.01. The number of hydrogen-bond acceptors (Lipinski definition) is 2. The van der Waals surface area contributed by atoms with Crippen LogP contribution in [0.25, 0.3) is 11.0 Å². The number of fused-ring (bicyclic) bond motifs is 1. The molecule has 1 saturated heterocycles. The second-order valence-corrected chi connectivity index (χ2v) is 5.28. The number of benzene rings is 1. The van der Waals surface area contributed by atoms with Gasteiger partial charge in [0.15, 0.2) is 5.82 Å². The minimum absolute atomic E-state index is 0.0970. The zero-order chi connectivity index (χ0) is 13.5. The molecular weight excluding hydrogens is 248 g/mol. The van der Waals surface area contributed by atoms with E-state index in [0.717, 1.165) is 44.2 Å². The maximum atomic E-state index is 13.7. The van der Waals surface area contributed by atoms with Crippen molar-refractivity contribution in [3.8, 4) is 0 Å². The third-order valence-corrected chi connectivity index (χ3v) is 4.16. The van der Waals surface area contributed by atoms with Crippen LogP contribution in [0.4, 0.5) is 8.78 Å². The van der Waals surface area contributed by atoms with Crippen LogP contribution in [-0.2, 0) is 5.41 Å². The van der Waals surface area contributed by atoms with Gasteiger partial charge in [0.05, 0.1) is 5.52 Å². The molecule has 1 aromatic carbocycles. The molecule has 1 aliphatic heterocycles. The average molecular weight is 265 g/mol. The Bertz CT molecular complexity index is 600. The van der Waals surface area contributed by atoms with E-state index in [4.69, 9.17) is 0 Å². The van der Waals surface area contributed by atoms with Gasteiger partial charge in [0, 0.05) is 18.0 Å². The lowest BCUT2D eigenvalue weighted by molar-refractivity contribution is 0.290. The second kappa shape index (κ2) is 4.56. The van der Waals surface area contributed by atoms with Gasteiger partial charge in [-0.15, -0.1) is 0 Å². The van der Waals surface area contributed by atoms with Gasteiger partial charge < -0.3 is 10.3 Å². The van der Waals surface area contributed by atoms with Gasteiger partial charge in [-0.25, -0.2) is 13.8 Å². The molecule has 19 heavy (non-hydrogen) atoms. The minimum Gasteiger partial charge on any atom is -0.341 e.